The highest BCUT2D eigenvalue weighted by molar-refractivity contribution is 7.10. The second kappa shape index (κ2) is 8.05. The maximum Gasteiger partial charge on any atom is 0.243 e. The second-order valence-corrected chi connectivity index (χ2v) is 9.50. The van der Waals surface area contributed by atoms with Crippen LogP contribution in [0.25, 0.3) is 0 Å². The van der Waals surface area contributed by atoms with Gasteiger partial charge < -0.3 is 9.80 Å². The maximum absolute atomic E-state index is 13.3. The first-order valence-electron chi connectivity index (χ1n) is 9.51. The van der Waals surface area contributed by atoms with Crippen LogP contribution >= 0.6 is 34.5 Å². The van der Waals surface area contributed by atoms with Crippen molar-refractivity contribution in [2.24, 2.45) is 0 Å². The molecule has 1 aromatic heterocycles. The summed E-state index contributed by atoms with van der Waals surface area (Å²) in [5.41, 5.74) is 2.20. The minimum Gasteiger partial charge on any atom is -0.330 e. The number of amides is 2. The highest BCUT2D eigenvalue weighted by atomic mass is 35.5. The van der Waals surface area contributed by atoms with E-state index < -0.39 is 5.38 Å². The molecule has 0 saturated heterocycles. The van der Waals surface area contributed by atoms with Crippen molar-refractivity contribution in [1.29, 1.82) is 0 Å². The lowest BCUT2D eigenvalue weighted by molar-refractivity contribution is -0.141. The van der Waals surface area contributed by atoms with Crippen LogP contribution in [0.4, 0.5) is 0 Å². The molecule has 0 spiro atoms. The molecule has 4 rings (SSSR count). The third-order valence-electron chi connectivity index (χ3n) is 5.39. The first-order valence-corrected chi connectivity index (χ1v) is 11.2. The number of nitrogens with zero attached hydrogens (tertiary/aromatic N) is 2. The van der Waals surface area contributed by atoms with Gasteiger partial charge in [-0.25, -0.2) is 0 Å². The van der Waals surface area contributed by atoms with Crippen LogP contribution in [0.1, 0.15) is 41.8 Å². The summed E-state index contributed by atoms with van der Waals surface area (Å²) in [6.07, 6.45) is 2.72. The minimum atomic E-state index is -0.620. The SMILES string of the molecule is CC(Cl)C(=O)N(CC(=O)N1CCc2sccc2C1c1ccc(Cl)cc1)C1CC1. The molecule has 2 heterocycles. The Morgan fingerprint density at radius 3 is 2.61 bits per heavy atom. The van der Waals surface area contributed by atoms with Crippen molar-refractivity contribution in [3.05, 3.63) is 56.7 Å². The number of alkyl halides is 1. The lowest BCUT2D eigenvalue weighted by Gasteiger charge is -2.37. The molecule has 0 radical (unpaired) electrons. The summed E-state index contributed by atoms with van der Waals surface area (Å²) in [5, 5.41) is 2.13. The second-order valence-electron chi connectivity index (χ2n) is 7.40. The van der Waals surface area contributed by atoms with Gasteiger partial charge in [0.25, 0.3) is 0 Å². The zero-order chi connectivity index (χ0) is 19.8. The Bertz CT molecular complexity index is 877. The van der Waals surface area contributed by atoms with Gasteiger partial charge in [-0.2, -0.15) is 0 Å². The highest BCUT2D eigenvalue weighted by Gasteiger charge is 2.38. The highest BCUT2D eigenvalue weighted by Crippen LogP contribution is 2.38. The normalized spacial score (nSPS) is 19.8. The fourth-order valence-corrected chi connectivity index (χ4v) is 4.98. The summed E-state index contributed by atoms with van der Waals surface area (Å²) < 4.78 is 0. The molecule has 2 aromatic rings. The van der Waals surface area contributed by atoms with Crippen molar-refractivity contribution in [2.45, 2.75) is 43.6 Å². The van der Waals surface area contributed by atoms with Crippen molar-refractivity contribution in [1.82, 2.24) is 9.80 Å². The summed E-state index contributed by atoms with van der Waals surface area (Å²) in [5.74, 6) is -0.192. The van der Waals surface area contributed by atoms with Gasteiger partial charge in [0, 0.05) is 22.5 Å². The van der Waals surface area contributed by atoms with E-state index in [1.165, 1.54) is 10.4 Å². The van der Waals surface area contributed by atoms with Gasteiger partial charge in [0.2, 0.25) is 11.8 Å². The molecule has 2 atom stereocenters. The minimum absolute atomic E-state index is 0.0330. The van der Waals surface area contributed by atoms with Gasteiger partial charge in [0.05, 0.1) is 6.04 Å². The zero-order valence-electron chi connectivity index (χ0n) is 15.6. The summed E-state index contributed by atoms with van der Waals surface area (Å²) in [7, 11) is 0. The average Bonchev–Trinajstić information content (AvgIpc) is 3.41. The number of carbonyl (C=O) groups excluding carboxylic acids is 2. The lowest BCUT2D eigenvalue weighted by Crippen LogP contribution is -2.48. The molecule has 1 aliphatic heterocycles. The largest absolute Gasteiger partial charge is 0.330 e. The zero-order valence-corrected chi connectivity index (χ0v) is 17.9. The molecular formula is C21H22Cl2N2O2S. The van der Waals surface area contributed by atoms with Crippen LogP contribution in [-0.4, -0.2) is 46.1 Å². The number of halogens is 2. The van der Waals surface area contributed by atoms with Crippen molar-refractivity contribution in [2.75, 3.05) is 13.1 Å². The molecule has 2 amide bonds. The summed E-state index contributed by atoms with van der Waals surface area (Å²) in [6, 6.07) is 9.77. The number of fused-ring (bicyclic) bond motifs is 1. The predicted octanol–water partition coefficient (Wildman–Crippen LogP) is 4.49. The Balaban J connectivity index is 1.62. The Hall–Kier alpha value is -1.56. The van der Waals surface area contributed by atoms with E-state index in [1.54, 1.807) is 23.2 Å². The molecule has 2 unspecified atom stereocenters. The average molecular weight is 437 g/mol. The number of hydrogen-bond donors (Lipinski definition) is 0. The molecule has 0 bridgehead atoms. The van der Waals surface area contributed by atoms with E-state index in [0.717, 1.165) is 24.8 Å². The van der Waals surface area contributed by atoms with Gasteiger partial charge in [0.1, 0.15) is 11.9 Å². The van der Waals surface area contributed by atoms with Crippen LogP contribution in [0, 0.1) is 0 Å². The first kappa shape index (κ1) is 19.7. The van der Waals surface area contributed by atoms with Crippen LogP contribution in [0.3, 0.4) is 0 Å². The van der Waals surface area contributed by atoms with Gasteiger partial charge in [-0.1, -0.05) is 23.7 Å². The molecule has 28 heavy (non-hydrogen) atoms. The number of benzene rings is 1. The molecule has 1 fully saturated rings. The first-order chi connectivity index (χ1) is 13.5. The van der Waals surface area contributed by atoms with Crippen molar-refractivity contribution in [3.8, 4) is 0 Å². The number of carbonyl (C=O) groups is 2. The van der Waals surface area contributed by atoms with E-state index in [2.05, 4.69) is 11.4 Å². The molecule has 0 N–H and O–H groups in total. The van der Waals surface area contributed by atoms with Crippen LogP contribution in [-0.2, 0) is 16.0 Å². The molecular weight excluding hydrogens is 415 g/mol. The van der Waals surface area contributed by atoms with E-state index in [0.29, 0.717) is 11.6 Å². The topological polar surface area (TPSA) is 40.6 Å². The smallest absolute Gasteiger partial charge is 0.243 e. The quantitative estimate of drug-likeness (QED) is 0.647. The molecule has 4 nitrogen and oxygen atoms in total. The van der Waals surface area contributed by atoms with Gasteiger partial charge in [-0.05, 0) is 60.9 Å². The fraction of sp³-hybridized carbons (Fsp3) is 0.429. The molecule has 1 aliphatic carbocycles. The van der Waals surface area contributed by atoms with Crippen LogP contribution in [0.2, 0.25) is 5.02 Å². The van der Waals surface area contributed by atoms with Crippen LogP contribution < -0.4 is 0 Å². The standard InChI is InChI=1S/C21H22Cl2N2O2S/c1-13(22)21(27)25(16-6-7-16)12-19(26)24-10-8-18-17(9-11-28-18)20(24)14-2-4-15(23)5-3-14/h2-5,9,11,13,16,20H,6-8,10,12H2,1H3. The summed E-state index contributed by atoms with van der Waals surface area (Å²) in [4.78, 5) is 30.7. The van der Waals surface area contributed by atoms with Gasteiger partial charge in [-0.15, -0.1) is 22.9 Å². The predicted molar refractivity (Wildman–Crippen MR) is 113 cm³/mol. The summed E-state index contributed by atoms with van der Waals surface area (Å²) >= 11 is 13.8. The van der Waals surface area contributed by atoms with E-state index in [9.17, 15) is 9.59 Å². The van der Waals surface area contributed by atoms with Crippen LogP contribution in [0.15, 0.2) is 35.7 Å². The third-order valence-corrected chi connectivity index (χ3v) is 6.82. The third kappa shape index (κ3) is 3.93. The van der Waals surface area contributed by atoms with E-state index in [-0.39, 0.29) is 30.4 Å². The molecule has 148 valence electrons. The maximum atomic E-state index is 13.3. The number of thiophene rings is 1. The van der Waals surface area contributed by atoms with E-state index in [1.807, 2.05) is 29.2 Å². The molecule has 7 heteroatoms. The number of rotatable bonds is 5. The molecule has 1 aromatic carbocycles. The number of hydrogen-bond acceptors (Lipinski definition) is 3. The van der Waals surface area contributed by atoms with Gasteiger partial charge in [-0.3, -0.25) is 9.59 Å². The van der Waals surface area contributed by atoms with Gasteiger partial charge >= 0.3 is 0 Å². The van der Waals surface area contributed by atoms with Crippen molar-refractivity contribution in [3.63, 3.8) is 0 Å². The van der Waals surface area contributed by atoms with Crippen LogP contribution in [0.5, 0.6) is 0 Å². The van der Waals surface area contributed by atoms with E-state index >= 15 is 0 Å². The van der Waals surface area contributed by atoms with Gasteiger partial charge in [0.15, 0.2) is 0 Å². The fourth-order valence-electron chi connectivity index (χ4n) is 3.83. The molecule has 1 saturated carbocycles. The Kier molecular flexibility index (Phi) is 5.68. The van der Waals surface area contributed by atoms with Crippen molar-refractivity contribution < 1.29 is 9.59 Å². The Labute approximate surface area is 179 Å². The Morgan fingerprint density at radius 2 is 1.96 bits per heavy atom. The molecule has 2 aliphatic rings. The van der Waals surface area contributed by atoms with Crippen molar-refractivity contribution >= 4 is 46.4 Å². The summed E-state index contributed by atoms with van der Waals surface area (Å²) in [6.45, 7) is 2.39. The Morgan fingerprint density at radius 1 is 1.25 bits per heavy atom. The van der Waals surface area contributed by atoms with E-state index in [4.69, 9.17) is 23.2 Å². The monoisotopic (exact) mass is 436 g/mol. The lowest BCUT2D eigenvalue weighted by atomic mass is 9.93.